The van der Waals surface area contributed by atoms with Crippen molar-refractivity contribution < 1.29 is 4.52 Å². The molecule has 0 unspecified atom stereocenters. The second kappa shape index (κ2) is 5.97. The summed E-state index contributed by atoms with van der Waals surface area (Å²) in [6, 6.07) is 8.58. The van der Waals surface area contributed by atoms with Crippen molar-refractivity contribution in [2.24, 2.45) is 5.73 Å². The van der Waals surface area contributed by atoms with Gasteiger partial charge in [0.05, 0.1) is 0 Å². The van der Waals surface area contributed by atoms with Crippen LogP contribution in [0.1, 0.15) is 37.5 Å². The van der Waals surface area contributed by atoms with Crippen molar-refractivity contribution >= 4 is 11.8 Å². The summed E-state index contributed by atoms with van der Waals surface area (Å²) in [6.07, 6.45) is 6.26. The minimum Gasteiger partial charge on any atom is -0.339 e. The normalized spacial score (nSPS) is 22.9. The maximum atomic E-state index is 5.93. The van der Waals surface area contributed by atoms with Crippen LogP contribution in [0.3, 0.4) is 0 Å². The first-order valence-electron chi connectivity index (χ1n) is 7.00. The largest absolute Gasteiger partial charge is 0.339 e. The van der Waals surface area contributed by atoms with E-state index in [0.29, 0.717) is 17.8 Å². The molecule has 0 saturated heterocycles. The molecule has 1 heterocycles. The zero-order valence-corrected chi connectivity index (χ0v) is 12.4. The Balaban J connectivity index is 1.75. The van der Waals surface area contributed by atoms with E-state index in [-0.39, 0.29) is 0 Å². The van der Waals surface area contributed by atoms with E-state index < -0.39 is 0 Å². The van der Waals surface area contributed by atoms with Crippen molar-refractivity contribution in [3.05, 3.63) is 30.2 Å². The van der Waals surface area contributed by atoms with E-state index in [2.05, 4.69) is 28.5 Å². The van der Waals surface area contributed by atoms with Gasteiger partial charge in [0.25, 0.3) is 0 Å². The summed E-state index contributed by atoms with van der Waals surface area (Å²) >= 11 is 1.72. The Morgan fingerprint density at radius 2 is 1.85 bits per heavy atom. The maximum absolute atomic E-state index is 5.93. The first-order valence-corrected chi connectivity index (χ1v) is 8.22. The molecule has 2 N–H and O–H groups in total. The van der Waals surface area contributed by atoms with Gasteiger partial charge in [0, 0.05) is 22.4 Å². The van der Waals surface area contributed by atoms with Crippen molar-refractivity contribution in [2.75, 3.05) is 6.26 Å². The lowest BCUT2D eigenvalue weighted by atomic mass is 9.86. The molecule has 1 aromatic heterocycles. The highest BCUT2D eigenvalue weighted by Gasteiger charge is 2.24. The lowest BCUT2D eigenvalue weighted by molar-refractivity contribution is 0.301. The van der Waals surface area contributed by atoms with Crippen LogP contribution < -0.4 is 5.73 Å². The molecular formula is C15H19N3OS. The molecule has 1 fully saturated rings. The van der Waals surface area contributed by atoms with Crippen LogP contribution in [0, 0.1) is 0 Å². The summed E-state index contributed by atoms with van der Waals surface area (Å²) in [5.41, 5.74) is 6.93. The highest BCUT2D eigenvalue weighted by Crippen LogP contribution is 2.32. The van der Waals surface area contributed by atoms with Gasteiger partial charge < -0.3 is 10.3 Å². The molecule has 0 bridgehead atoms. The van der Waals surface area contributed by atoms with Gasteiger partial charge in [0.1, 0.15) is 0 Å². The minimum absolute atomic E-state index is 0.340. The molecule has 20 heavy (non-hydrogen) atoms. The molecule has 106 valence electrons. The number of rotatable bonds is 3. The van der Waals surface area contributed by atoms with E-state index in [1.165, 1.54) is 4.90 Å². The average molecular weight is 289 g/mol. The maximum Gasteiger partial charge on any atom is 0.230 e. The molecule has 1 saturated carbocycles. The van der Waals surface area contributed by atoms with E-state index in [0.717, 1.165) is 37.1 Å². The monoisotopic (exact) mass is 289 g/mol. The number of aromatic nitrogens is 2. The van der Waals surface area contributed by atoms with Crippen LogP contribution in [-0.4, -0.2) is 22.4 Å². The molecule has 0 spiro atoms. The van der Waals surface area contributed by atoms with Crippen molar-refractivity contribution in [1.82, 2.24) is 10.1 Å². The lowest BCUT2D eigenvalue weighted by Crippen LogP contribution is -2.25. The van der Waals surface area contributed by atoms with E-state index >= 15 is 0 Å². The van der Waals surface area contributed by atoms with Gasteiger partial charge in [-0.2, -0.15) is 4.98 Å². The number of nitrogens with two attached hydrogens (primary N) is 1. The van der Waals surface area contributed by atoms with Gasteiger partial charge in [-0.25, -0.2) is 0 Å². The van der Waals surface area contributed by atoms with Crippen LogP contribution in [0.5, 0.6) is 0 Å². The van der Waals surface area contributed by atoms with Gasteiger partial charge in [-0.15, -0.1) is 11.8 Å². The fourth-order valence-electron chi connectivity index (χ4n) is 2.62. The first kappa shape index (κ1) is 13.6. The Hall–Kier alpha value is -1.33. The molecular weight excluding hydrogens is 270 g/mol. The van der Waals surface area contributed by atoms with Gasteiger partial charge >= 0.3 is 0 Å². The van der Waals surface area contributed by atoms with E-state index in [1.54, 1.807) is 11.8 Å². The van der Waals surface area contributed by atoms with Crippen LogP contribution in [0.2, 0.25) is 0 Å². The Kier molecular flexibility index (Phi) is 4.08. The second-order valence-corrected chi connectivity index (χ2v) is 6.18. The Labute approximate surface area is 123 Å². The fourth-order valence-corrected chi connectivity index (χ4v) is 3.03. The molecule has 4 nitrogen and oxygen atoms in total. The summed E-state index contributed by atoms with van der Waals surface area (Å²) < 4.78 is 5.44. The first-order chi connectivity index (χ1) is 9.76. The third-order valence-corrected chi connectivity index (χ3v) is 4.65. The molecule has 3 rings (SSSR count). The van der Waals surface area contributed by atoms with Gasteiger partial charge in [-0.05, 0) is 56.2 Å². The molecule has 1 aromatic carbocycles. The smallest absolute Gasteiger partial charge is 0.230 e. The quantitative estimate of drug-likeness (QED) is 0.877. The van der Waals surface area contributed by atoms with Gasteiger partial charge in [0.15, 0.2) is 0 Å². The number of thioether (sulfide) groups is 1. The third kappa shape index (κ3) is 2.88. The van der Waals surface area contributed by atoms with E-state index in [9.17, 15) is 0 Å². The van der Waals surface area contributed by atoms with Crippen LogP contribution in [0.25, 0.3) is 11.4 Å². The van der Waals surface area contributed by atoms with Gasteiger partial charge in [0.2, 0.25) is 11.7 Å². The van der Waals surface area contributed by atoms with E-state index in [1.807, 2.05) is 12.1 Å². The highest BCUT2D eigenvalue weighted by atomic mass is 32.2. The molecule has 0 amide bonds. The summed E-state index contributed by atoms with van der Waals surface area (Å²) in [4.78, 5) is 5.79. The number of benzene rings is 1. The Bertz CT molecular complexity index is 559. The molecule has 5 heteroatoms. The minimum atomic E-state index is 0.340. The number of hydrogen-bond donors (Lipinski definition) is 1. The highest BCUT2D eigenvalue weighted by molar-refractivity contribution is 7.98. The summed E-state index contributed by atoms with van der Waals surface area (Å²) in [5.74, 6) is 1.82. The third-order valence-electron chi connectivity index (χ3n) is 3.91. The lowest BCUT2D eigenvalue weighted by Gasteiger charge is -2.22. The SMILES string of the molecule is CSc1ccc(-c2noc(C3CCC(N)CC3)n2)cc1. The average Bonchev–Trinajstić information content (AvgIpc) is 2.98. The van der Waals surface area contributed by atoms with Gasteiger partial charge in [-0.3, -0.25) is 0 Å². The molecule has 0 atom stereocenters. The molecule has 1 aliphatic rings. The van der Waals surface area contributed by atoms with Crippen LogP contribution in [0.15, 0.2) is 33.7 Å². The standard InChI is InChI=1S/C15H19N3OS/c1-20-13-8-4-10(5-9-13)14-17-15(19-18-14)11-2-6-12(16)7-3-11/h4-5,8-9,11-12H,2-3,6-7,16H2,1H3. The topological polar surface area (TPSA) is 64.9 Å². The Morgan fingerprint density at radius 1 is 1.15 bits per heavy atom. The fraction of sp³-hybridized carbons (Fsp3) is 0.467. The Morgan fingerprint density at radius 3 is 2.50 bits per heavy atom. The predicted molar refractivity (Wildman–Crippen MR) is 80.7 cm³/mol. The zero-order valence-electron chi connectivity index (χ0n) is 11.6. The molecule has 2 aromatic rings. The van der Waals surface area contributed by atoms with Crippen molar-refractivity contribution in [2.45, 2.75) is 42.5 Å². The summed E-state index contributed by atoms with van der Waals surface area (Å²) in [6.45, 7) is 0. The molecule has 0 radical (unpaired) electrons. The molecule has 0 aliphatic heterocycles. The van der Waals surface area contributed by atoms with Gasteiger partial charge in [-0.1, -0.05) is 5.16 Å². The van der Waals surface area contributed by atoms with Crippen LogP contribution >= 0.6 is 11.8 Å². The van der Waals surface area contributed by atoms with E-state index in [4.69, 9.17) is 10.3 Å². The predicted octanol–water partition coefficient (Wildman–Crippen LogP) is 3.44. The summed E-state index contributed by atoms with van der Waals surface area (Å²) in [7, 11) is 0. The van der Waals surface area contributed by atoms with Crippen LogP contribution in [0.4, 0.5) is 0 Å². The second-order valence-electron chi connectivity index (χ2n) is 5.30. The van der Waals surface area contributed by atoms with Crippen molar-refractivity contribution in [3.63, 3.8) is 0 Å². The summed E-state index contributed by atoms with van der Waals surface area (Å²) in [5, 5.41) is 4.11. The van der Waals surface area contributed by atoms with Crippen LogP contribution in [-0.2, 0) is 0 Å². The number of nitrogens with zero attached hydrogens (tertiary/aromatic N) is 2. The van der Waals surface area contributed by atoms with Crippen molar-refractivity contribution in [3.8, 4) is 11.4 Å². The molecule has 1 aliphatic carbocycles. The van der Waals surface area contributed by atoms with Crippen molar-refractivity contribution in [1.29, 1.82) is 0 Å². The number of hydrogen-bond acceptors (Lipinski definition) is 5. The zero-order chi connectivity index (χ0) is 13.9.